The molecular weight excluding hydrogens is 815 g/mol. The lowest BCUT2D eigenvalue weighted by molar-refractivity contribution is 0.591. The molecule has 0 saturated carbocycles. The topological polar surface area (TPSA) is 103 Å². The van der Waals surface area contributed by atoms with Crippen LogP contribution in [0.2, 0.25) is 0 Å². The summed E-state index contributed by atoms with van der Waals surface area (Å²) in [6.45, 7) is 0. The predicted molar refractivity (Wildman–Crippen MR) is 258 cm³/mol. The number of pyridine rings is 5. The summed E-state index contributed by atoms with van der Waals surface area (Å²) < 4.78 is 33.0. The Bertz CT molecular complexity index is 3780. The lowest BCUT2D eigenvalue weighted by Crippen LogP contribution is -2.25. The highest BCUT2D eigenvalue weighted by atomic mass is 31.2. The third-order valence-corrected chi connectivity index (χ3v) is 18.4. The first-order valence-corrected chi connectivity index (χ1v) is 24.0. The molecule has 0 bridgehead atoms. The lowest BCUT2D eigenvalue weighted by Gasteiger charge is -2.20. The Kier molecular flexibility index (Phi) is 8.55. The van der Waals surface area contributed by atoms with Crippen molar-refractivity contribution in [2.24, 2.45) is 0 Å². The third kappa shape index (κ3) is 5.80. The summed E-state index contributed by atoms with van der Waals surface area (Å²) in [7, 11) is -6.57. The molecule has 0 aliphatic carbocycles. The fourth-order valence-electron chi connectivity index (χ4n) is 9.26. The maximum absolute atomic E-state index is 15.6. The van der Waals surface area contributed by atoms with Crippen molar-refractivity contribution in [3.05, 3.63) is 207 Å². The summed E-state index contributed by atoms with van der Waals surface area (Å²) in [5, 5.41) is 11.9. The molecule has 12 aromatic rings. The number of fused-ring (bicyclic) bond motifs is 11. The van der Waals surface area contributed by atoms with Gasteiger partial charge in [0.05, 0.1) is 16.6 Å². The molecule has 0 aliphatic heterocycles. The highest BCUT2D eigenvalue weighted by Gasteiger charge is 2.32. The fourth-order valence-corrected chi connectivity index (χ4v) is 14.5. The van der Waals surface area contributed by atoms with Gasteiger partial charge in [-0.1, -0.05) is 66.7 Å². The van der Waals surface area contributed by atoms with E-state index in [0.29, 0.717) is 15.9 Å². The van der Waals surface area contributed by atoms with Gasteiger partial charge in [-0.05, 0) is 124 Å². The van der Waals surface area contributed by atoms with Crippen molar-refractivity contribution < 1.29 is 9.13 Å². The Balaban J connectivity index is 1.07. The molecule has 0 atom stereocenters. The van der Waals surface area contributed by atoms with E-state index in [1.807, 2.05) is 72.8 Å². The van der Waals surface area contributed by atoms with Crippen LogP contribution in [0.3, 0.4) is 0 Å². The molecule has 6 aromatic carbocycles. The summed E-state index contributed by atoms with van der Waals surface area (Å²) >= 11 is 0. The Morgan fingerprint density at radius 2 is 0.857 bits per heavy atom. The van der Waals surface area contributed by atoms with Crippen molar-refractivity contribution in [3.63, 3.8) is 0 Å². The minimum Gasteiger partial charge on any atom is -0.309 e. The largest absolute Gasteiger partial charge is 0.309 e. The van der Waals surface area contributed by atoms with Crippen LogP contribution in [0.1, 0.15) is 0 Å². The third-order valence-electron chi connectivity index (χ3n) is 12.3. The molecule has 0 saturated heterocycles. The smallest absolute Gasteiger partial charge is 0.171 e. The molecule has 0 unspecified atom stereocenters. The van der Waals surface area contributed by atoms with E-state index in [1.54, 1.807) is 49.6 Å². The molecule has 12 rings (SSSR count). The number of benzene rings is 6. The predicted octanol–water partition coefficient (Wildman–Crippen LogP) is 9.63. The van der Waals surface area contributed by atoms with Gasteiger partial charge in [0.15, 0.2) is 14.3 Å². The molecule has 6 aromatic heterocycles. The second-order valence-corrected chi connectivity index (χ2v) is 21.2. The van der Waals surface area contributed by atoms with Gasteiger partial charge in [-0.2, -0.15) is 0 Å². The van der Waals surface area contributed by atoms with Crippen LogP contribution in [0.15, 0.2) is 207 Å². The van der Waals surface area contributed by atoms with Gasteiger partial charge in [0, 0.05) is 97.6 Å². The standard InChI is InChI=1S/C53H34N6O2P2/c60-62(40-15-23-54-24-16-40,41-17-25-55-26-18-41)44-10-7-37-31-36(5-6-38(37)32-44)39-9-12-47-50(33-39)59-51-34-45(63(61,42-19-27-56-28-20-42)43-21-29-57-30-22-43)11-14-49(51)58-53(59)48-13-8-35-3-1-2-4-46(35)52(47)48/h1-34H. The van der Waals surface area contributed by atoms with Gasteiger partial charge in [-0.25, -0.2) is 4.98 Å². The molecule has 8 nitrogen and oxygen atoms in total. The zero-order valence-electron chi connectivity index (χ0n) is 33.5. The number of hydrogen-bond acceptors (Lipinski definition) is 7. The fraction of sp³-hybridized carbons (Fsp3) is 0. The summed E-state index contributed by atoms with van der Waals surface area (Å²) in [5.74, 6) is 0. The Hall–Kier alpha value is -7.63. The summed E-state index contributed by atoms with van der Waals surface area (Å²) in [4.78, 5) is 22.2. The molecule has 0 fully saturated rings. The Morgan fingerprint density at radius 1 is 0.365 bits per heavy atom. The first-order chi connectivity index (χ1) is 31.0. The number of nitrogens with zero attached hydrogens (tertiary/aromatic N) is 6. The number of hydrogen-bond donors (Lipinski definition) is 0. The molecule has 298 valence electrons. The van der Waals surface area contributed by atoms with Crippen LogP contribution in [0.5, 0.6) is 0 Å². The van der Waals surface area contributed by atoms with E-state index < -0.39 is 14.3 Å². The molecule has 10 heteroatoms. The molecular formula is C53H34N6O2P2. The van der Waals surface area contributed by atoms with Crippen molar-refractivity contribution in [1.29, 1.82) is 0 Å². The van der Waals surface area contributed by atoms with Crippen LogP contribution < -0.4 is 31.8 Å². The first-order valence-electron chi connectivity index (χ1n) is 20.6. The van der Waals surface area contributed by atoms with Crippen molar-refractivity contribution in [2.75, 3.05) is 0 Å². The molecule has 0 aliphatic rings. The van der Waals surface area contributed by atoms with Crippen molar-refractivity contribution >= 4 is 106 Å². The minimum absolute atomic E-state index is 0.696. The van der Waals surface area contributed by atoms with Crippen molar-refractivity contribution in [3.8, 4) is 11.1 Å². The molecule has 63 heavy (non-hydrogen) atoms. The maximum atomic E-state index is 15.6. The van der Waals surface area contributed by atoms with E-state index in [4.69, 9.17) is 4.98 Å². The second kappa shape index (κ2) is 14.5. The van der Waals surface area contributed by atoms with Gasteiger partial charge in [0.1, 0.15) is 5.65 Å². The maximum Gasteiger partial charge on any atom is 0.171 e. The van der Waals surface area contributed by atoms with Crippen LogP contribution in [0, 0.1) is 0 Å². The van der Waals surface area contributed by atoms with E-state index in [1.165, 1.54) is 0 Å². The van der Waals surface area contributed by atoms with Gasteiger partial charge in [-0.3, -0.25) is 24.3 Å². The van der Waals surface area contributed by atoms with E-state index in [2.05, 4.69) is 109 Å². The second-order valence-electron chi connectivity index (χ2n) is 15.7. The van der Waals surface area contributed by atoms with Gasteiger partial charge >= 0.3 is 0 Å². The summed E-state index contributed by atoms with van der Waals surface area (Å²) in [6.07, 6.45) is 13.5. The highest BCUT2D eigenvalue weighted by molar-refractivity contribution is 7.85. The van der Waals surface area contributed by atoms with Crippen LogP contribution in [0.25, 0.3) is 71.0 Å². The number of aromatic nitrogens is 6. The zero-order valence-corrected chi connectivity index (χ0v) is 35.3. The Morgan fingerprint density at radius 3 is 1.49 bits per heavy atom. The van der Waals surface area contributed by atoms with Crippen LogP contribution in [-0.4, -0.2) is 29.3 Å². The van der Waals surface area contributed by atoms with E-state index >= 15 is 9.13 Å². The first kappa shape index (κ1) is 37.2. The molecule has 0 spiro atoms. The van der Waals surface area contributed by atoms with Gasteiger partial charge in [-0.15, -0.1) is 0 Å². The van der Waals surface area contributed by atoms with E-state index in [0.717, 1.165) is 86.9 Å². The van der Waals surface area contributed by atoms with Gasteiger partial charge in [0.25, 0.3) is 0 Å². The van der Waals surface area contributed by atoms with Crippen molar-refractivity contribution in [2.45, 2.75) is 0 Å². The van der Waals surface area contributed by atoms with E-state index in [9.17, 15) is 0 Å². The van der Waals surface area contributed by atoms with Crippen LogP contribution in [0.4, 0.5) is 0 Å². The highest BCUT2D eigenvalue weighted by Crippen LogP contribution is 2.45. The van der Waals surface area contributed by atoms with Crippen LogP contribution in [-0.2, 0) is 9.13 Å². The SMILES string of the molecule is O=P(c1ccncc1)(c1ccncc1)c1ccc2cc(-c3ccc4c5c6ccccc6ccc5c5nc6ccc(P(=O)(c7ccncc7)c7ccncc7)cc6n5c4c3)ccc2c1. The molecule has 6 heterocycles. The minimum atomic E-state index is -3.35. The average molecular weight is 849 g/mol. The van der Waals surface area contributed by atoms with Gasteiger partial charge in [0.2, 0.25) is 0 Å². The van der Waals surface area contributed by atoms with E-state index in [-0.39, 0.29) is 0 Å². The zero-order chi connectivity index (χ0) is 42.1. The summed E-state index contributed by atoms with van der Waals surface area (Å²) in [6, 6.07) is 52.7. The number of imidazole rings is 1. The molecule has 0 radical (unpaired) electrons. The molecule has 0 N–H and O–H groups in total. The van der Waals surface area contributed by atoms with Crippen LogP contribution >= 0.6 is 14.3 Å². The summed E-state index contributed by atoms with van der Waals surface area (Å²) in [5.41, 5.74) is 5.56. The normalized spacial score (nSPS) is 12.3. The number of rotatable bonds is 7. The lowest BCUT2D eigenvalue weighted by atomic mass is 9.96. The monoisotopic (exact) mass is 848 g/mol. The van der Waals surface area contributed by atoms with Crippen molar-refractivity contribution in [1.82, 2.24) is 29.3 Å². The Labute approximate surface area is 361 Å². The average Bonchev–Trinajstić information content (AvgIpc) is 3.76. The quantitative estimate of drug-likeness (QED) is 0.116. The molecule has 0 amide bonds. The van der Waals surface area contributed by atoms with Gasteiger partial charge < -0.3 is 9.13 Å².